The molecule has 0 aromatic carbocycles. The smallest absolute Gasteiger partial charge is 0.0223 e. The summed E-state index contributed by atoms with van der Waals surface area (Å²) in [6.45, 7) is 14.3. The third-order valence-corrected chi connectivity index (χ3v) is 4.98. The van der Waals surface area contributed by atoms with Crippen LogP contribution in [0.3, 0.4) is 0 Å². The fourth-order valence-electron chi connectivity index (χ4n) is 3.94. The zero-order valence-electron chi connectivity index (χ0n) is 14.1. The largest absolute Gasteiger partial charge is 0.328 e. The summed E-state index contributed by atoms with van der Waals surface area (Å²) < 4.78 is 0. The van der Waals surface area contributed by atoms with Crippen LogP contribution in [0.5, 0.6) is 0 Å². The van der Waals surface area contributed by atoms with Gasteiger partial charge in [-0.2, -0.15) is 0 Å². The van der Waals surface area contributed by atoms with Gasteiger partial charge < -0.3 is 5.73 Å². The molecule has 3 nitrogen and oxygen atoms in total. The van der Waals surface area contributed by atoms with E-state index in [1.807, 2.05) is 0 Å². The third kappa shape index (κ3) is 4.71. The van der Waals surface area contributed by atoms with Crippen molar-refractivity contribution in [1.82, 2.24) is 9.80 Å². The number of fused-ring (bicyclic) bond motifs is 1. The fraction of sp³-hybridized carbons (Fsp3) is 1.00. The predicted octanol–water partition coefficient (Wildman–Crippen LogP) is 2.70. The number of nitrogens with two attached hydrogens (primary N) is 1. The maximum absolute atomic E-state index is 6.32. The van der Waals surface area contributed by atoms with Gasteiger partial charge in [0.1, 0.15) is 0 Å². The molecule has 2 rings (SSSR count). The first kappa shape index (κ1) is 16.3. The molecule has 2 saturated heterocycles. The van der Waals surface area contributed by atoms with Crippen molar-refractivity contribution in [2.45, 2.75) is 77.9 Å². The van der Waals surface area contributed by atoms with Crippen molar-refractivity contribution >= 4 is 0 Å². The van der Waals surface area contributed by atoms with Gasteiger partial charge in [0.25, 0.3) is 0 Å². The molecule has 2 N–H and O–H groups in total. The zero-order valence-corrected chi connectivity index (χ0v) is 14.1. The van der Waals surface area contributed by atoms with Gasteiger partial charge in [0, 0.05) is 37.8 Å². The summed E-state index contributed by atoms with van der Waals surface area (Å²) in [7, 11) is 0. The SMILES string of the molecule is CC1CN2CCCCC2CN1CCC(N)CC(C)(C)C. The second-order valence-electron chi connectivity index (χ2n) is 8.30. The molecule has 2 aliphatic heterocycles. The lowest BCUT2D eigenvalue weighted by atomic mass is 9.87. The van der Waals surface area contributed by atoms with Crippen molar-refractivity contribution in [1.29, 1.82) is 0 Å². The van der Waals surface area contributed by atoms with E-state index in [0.717, 1.165) is 18.9 Å². The minimum atomic E-state index is 0.353. The van der Waals surface area contributed by atoms with Crippen molar-refractivity contribution in [2.24, 2.45) is 11.1 Å². The molecule has 2 fully saturated rings. The number of nitrogens with zero attached hydrogens (tertiary/aromatic N) is 2. The van der Waals surface area contributed by atoms with Crippen LogP contribution >= 0.6 is 0 Å². The maximum atomic E-state index is 6.32. The van der Waals surface area contributed by atoms with Gasteiger partial charge in [-0.05, 0) is 44.6 Å². The predicted molar refractivity (Wildman–Crippen MR) is 86.9 cm³/mol. The Hall–Kier alpha value is -0.120. The summed E-state index contributed by atoms with van der Waals surface area (Å²) in [6, 6.07) is 1.87. The molecule has 0 amide bonds. The van der Waals surface area contributed by atoms with E-state index in [-0.39, 0.29) is 0 Å². The zero-order chi connectivity index (χ0) is 14.8. The average molecular weight is 281 g/mol. The minimum Gasteiger partial charge on any atom is -0.328 e. The summed E-state index contributed by atoms with van der Waals surface area (Å²) in [5.74, 6) is 0. The molecule has 0 aromatic rings. The van der Waals surface area contributed by atoms with E-state index in [9.17, 15) is 0 Å². The van der Waals surface area contributed by atoms with Crippen LogP contribution in [-0.4, -0.2) is 54.1 Å². The normalized spacial score (nSPS) is 31.1. The number of hydrogen-bond acceptors (Lipinski definition) is 3. The Morgan fingerprint density at radius 2 is 1.95 bits per heavy atom. The molecule has 0 radical (unpaired) electrons. The van der Waals surface area contributed by atoms with Crippen LogP contribution in [0.1, 0.15) is 59.8 Å². The van der Waals surface area contributed by atoms with E-state index in [0.29, 0.717) is 17.5 Å². The highest BCUT2D eigenvalue weighted by Gasteiger charge is 2.32. The van der Waals surface area contributed by atoms with Crippen molar-refractivity contribution in [3.63, 3.8) is 0 Å². The van der Waals surface area contributed by atoms with Gasteiger partial charge in [-0.15, -0.1) is 0 Å². The molecule has 3 unspecified atom stereocenters. The van der Waals surface area contributed by atoms with Crippen LogP contribution in [0.4, 0.5) is 0 Å². The van der Waals surface area contributed by atoms with Crippen molar-refractivity contribution < 1.29 is 0 Å². The Bertz CT molecular complexity index is 297. The van der Waals surface area contributed by atoms with E-state index in [1.165, 1.54) is 45.4 Å². The number of piperazine rings is 1. The molecular formula is C17H35N3. The van der Waals surface area contributed by atoms with Gasteiger partial charge in [0.2, 0.25) is 0 Å². The van der Waals surface area contributed by atoms with E-state index < -0.39 is 0 Å². The number of rotatable bonds is 4. The van der Waals surface area contributed by atoms with E-state index >= 15 is 0 Å². The fourth-order valence-corrected chi connectivity index (χ4v) is 3.94. The minimum absolute atomic E-state index is 0.353. The third-order valence-electron chi connectivity index (χ3n) is 4.98. The highest BCUT2D eigenvalue weighted by molar-refractivity contribution is 4.89. The van der Waals surface area contributed by atoms with Gasteiger partial charge >= 0.3 is 0 Å². The topological polar surface area (TPSA) is 32.5 Å². The summed E-state index contributed by atoms with van der Waals surface area (Å²) in [5.41, 5.74) is 6.67. The summed E-state index contributed by atoms with van der Waals surface area (Å²) in [6.07, 6.45) is 6.50. The Morgan fingerprint density at radius 1 is 1.20 bits per heavy atom. The highest BCUT2D eigenvalue weighted by Crippen LogP contribution is 2.25. The van der Waals surface area contributed by atoms with Gasteiger partial charge in [0.05, 0.1) is 0 Å². The first-order valence-corrected chi connectivity index (χ1v) is 8.59. The summed E-state index contributed by atoms with van der Waals surface area (Å²) >= 11 is 0. The Kier molecular flexibility index (Phi) is 5.49. The second-order valence-corrected chi connectivity index (χ2v) is 8.30. The van der Waals surface area contributed by atoms with E-state index in [2.05, 4.69) is 37.5 Å². The number of hydrogen-bond donors (Lipinski definition) is 1. The van der Waals surface area contributed by atoms with Gasteiger partial charge in [-0.25, -0.2) is 0 Å². The summed E-state index contributed by atoms with van der Waals surface area (Å²) in [5, 5.41) is 0. The molecular weight excluding hydrogens is 246 g/mol. The Labute approximate surface area is 125 Å². The molecule has 3 atom stereocenters. The first-order valence-electron chi connectivity index (χ1n) is 8.59. The van der Waals surface area contributed by atoms with Crippen molar-refractivity contribution in [3.8, 4) is 0 Å². The summed E-state index contributed by atoms with van der Waals surface area (Å²) in [4.78, 5) is 5.41. The van der Waals surface area contributed by atoms with Crippen LogP contribution in [0.25, 0.3) is 0 Å². The molecule has 3 heteroatoms. The molecule has 20 heavy (non-hydrogen) atoms. The van der Waals surface area contributed by atoms with Crippen LogP contribution in [-0.2, 0) is 0 Å². The Balaban J connectivity index is 1.77. The molecule has 0 saturated carbocycles. The second kappa shape index (κ2) is 6.76. The van der Waals surface area contributed by atoms with Crippen molar-refractivity contribution in [3.05, 3.63) is 0 Å². The molecule has 0 aliphatic carbocycles. The van der Waals surface area contributed by atoms with Gasteiger partial charge in [0.15, 0.2) is 0 Å². The van der Waals surface area contributed by atoms with Gasteiger partial charge in [-0.3, -0.25) is 9.80 Å². The molecule has 0 bridgehead atoms. The molecule has 118 valence electrons. The van der Waals surface area contributed by atoms with Crippen molar-refractivity contribution in [2.75, 3.05) is 26.2 Å². The molecule has 2 heterocycles. The monoisotopic (exact) mass is 281 g/mol. The molecule has 0 spiro atoms. The van der Waals surface area contributed by atoms with Crippen LogP contribution in [0, 0.1) is 5.41 Å². The highest BCUT2D eigenvalue weighted by atomic mass is 15.3. The van der Waals surface area contributed by atoms with E-state index in [1.54, 1.807) is 0 Å². The first-order chi connectivity index (χ1) is 9.35. The average Bonchev–Trinajstić information content (AvgIpc) is 2.34. The van der Waals surface area contributed by atoms with E-state index in [4.69, 9.17) is 5.73 Å². The van der Waals surface area contributed by atoms with Crippen LogP contribution in [0.15, 0.2) is 0 Å². The quantitative estimate of drug-likeness (QED) is 0.860. The molecule has 2 aliphatic rings. The van der Waals surface area contributed by atoms with Crippen LogP contribution in [0.2, 0.25) is 0 Å². The lowest BCUT2D eigenvalue weighted by Gasteiger charge is -2.47. The lowest BCUT2D eigenvalue weighted by Crippen LogP contribution is -2.59. The maximum Gasteiger partial charge on any atom is 0.0223 e. The van der Waals surface area contributed by atoms with Gasteiger partial charge in [-0.1, -0.05) is 27.2 Å². The standard InChI is InChI=1S/C17H35N3/c1-14-12-20-9-6-5-7-16(20)13-19(14)10-8-15(18)11-17(2,3)4/h14-16H,5-13,18H2,1-4H3. The lowest BCUT2D eigenvalue weighted by molar-refractivity contribution is 0.0136. The number of piperidine rings is 1. The molecule has 0 aromatic heterocycles. The van der Waals surface area contributed by atoms with Crippen LogP contribution < -0.4 is 5.73 Å². The Morgan fingerprint density at radius 3 is 2.65 bits per heavy atom.